The minimum absolute atomic E-state index is 0.240. The lowest BCUT2D eigenvalue weighted by Crippen LogP contribution is -2.06. The van der Waals surface area contributed by atoms with Crippen molar-refractivity contribution in [1.82, 2.24) is 0 Å². The Labute approximate surface area is 104 Å². The zero-order valence-corrected chi connectivity index (χ0v) is 9.82. The van der Waals surface area contributed by atoms with Crippen LogP contribution in [0.5, 0.6) is 0 Å². The van der Waals surface area contributed by atoms with Gasteiger partial charge in [0.05, 0.1) is 0 Å². The van der Waals surface area contributed by atoms with Crippen LogP contribution in [0.3, 0.4) is 0 Å². The van der Waals surface area contributed by atoms with Gasteiger partial charge in [-0.05, 0) is 48.4 Å². The fourth-order valence-electron chi connectivity index (χ4n) is 1.86. The first-order chi connectivity index (χ1) is 8.49. The van der Waals surface area contributed by atoms with Gasteiger partial charge in [0.15, 0.2) is 0 Å². The highest BCUT2D eigenvalue weighted by atomic mass is 19.1. The number of aliphatic hydroxyl groups excluding tert-OH is 1. The lowest BCUT2D eigenvalue weighted by Gasteiger charge is -2.16. The third-order valence-corrected chi connectivity index (χ3v) is 2.88. The normalized spacial score (nSPS) is 12.4. The van der Waals surface area contributed by atoms with Crippen LogP contribution in [-0.2, 0) is 0 Å². The van der Waals surface area contributed by atoms with Crippen molar-refractivity contribution in [2.75, 3.05) is 5.73 Å². The van der Waals surface area contributed by atoms with Crippen LogP contribution in [-0.4, -0.2) is 5.11 Å². The number of nitrogens with two attached hydrogens (primary N) is 1. The molecule has 2 nitrogen and oxygen atoms in total. The SMILES string of the molecule is Cc1ccc(F)cc1C(O)c1cc(F)ccc1N. The molecule has 0 saturated heterocycles. The van der Waals surface area contributed by atoms with Crippen LogP contribution in [0.2, 0.25) is 0 Å². The maximum atomic E-state index is 13.2. The molecule has 0 amide bonds. The lowest BCUT2D eigenvalue weighted by atomic mass is 9.96. The molecule has 3 N–H and O–H groups in total. The van der Waals surface area contributed by atoms with E-state index in [0.29, 0.717) is 11.1 Å². The number of hydrogen-bond donors (Lipinski definition) is 2. The highest BCUT2D eigenvalue weighted by Crippen LogP contribution is 2.29. The van der Waals surface area contributed by atoms with E-state index in [0.717, 1.165) is 6.07 Å². The Morgan fingerprint density at radius 1 is 1.00 bits per heavy atom. The van der Waals surface area contributed by atoms with E-state index in [4.69, 9.17) is 5.73 Å². The highest BCUT2D eigenvalue weighted by Gasteiger charge is 2.17. The molecule has 0 heterocycles. The number of anilines is 1. The van der Waals surface area contributed by atoms with Crippen LogP contribution in [0.25, 0.3) is 0 Å². The largest absolute Gasteiger partial charge is 0.398 e. The molecule has 1 atom stereocenters. The van der Waals surface area contributed by atoms with Gasteiger partial charge in [-0.1, -0.05) is 6.07 Å². The molecule has 0 bridgehead atoms. The van der Waals surface area contributed by atoms with Crippen LogP contribution >= 0.6 is 0 Å². The smallest absolute Gasteiger partial charge is 0.123 e. The molecule has 2 aromatic carbocycles. The Hall–Kier alpha value is -1.94. The molecule has 4 heteroatoms. The zero-order valence-electron chi connectivity index (χ0n) is 9.82. The summed E-state index contributed by atoms with van der Waals surface area (Å²) in [5.74, 6) is -0.947. The van der Waals surface area contributed by atoms with Gasteiger partial charge < -0.3 is 10.8 Å². The maximum Gasteiger partial charge on any atom is 0.123 e. The topological polar surface area (TPSA) is 46.2 Å². The second kappa shape index (κ2) is 4.74. The summed E-state index contributed by atoms with van der Waals surface area (Å²) in [7, 11) is 0. The predicted molar refractivity (Wildman–Crippen MR) is 66.0 cm³/mol. The number of aliphatic hydroxyl groups is 1. The predicted octanol–water partition coefficient (Wildman–Crippen LogP) is 2.94. The van der Waals surface area contributed by atoms with Crippen LogP contribution in [0, 0.1) is 18.6 Å². The quantitative estimate of drug-likeness (QED) is 0.804. The monoisotopic (exact) mass is 249 g/mol. The van der Waals surface area contributed by atoms with Crippen molar-refractivity contribution >= 4 is 5.69 Å². The molecule has 0 radical (unpaired) electrons. The fraction of sp³-hybridized carbons (Fsp3) is 0.143. The number of nitrogen functional groups attached to an aromatic ring is 1. The van der Waals surface area contributed by atoms with Crippen LogP contribution in [0.15, 0.2) is 36.4 Å². The number of rotatable bonds is 2. The summed E-state index contributed by atoms with van der Waals surface area (Å²) in [6, 6.07) is 7.84. The summed E-state index contributed by atoms with van der Waals surface area (Å²) < 4.78 is 26.3. The number of benzene rings is 2. The van der Waals surface area contributed by atoms with Crippen molar-refractivity contribution in [3.8, 4) is 0 Å². The second-order valence-electron chi connectivity index (χ2n) is 4.18. The summed E-state index contributed by atoms with van der Waals surface area (Å²) in [6.45, 7) is 1.74. The van der Waals surface area contributed by atoms with Crippen molar-refractivity contribution in [3.05, 3.63) is 64.7 Å². The summed E-state index contributed by atoms with van der Waals surface area (Å²) in [6.07, 6.45) is -1.14. The Morgan fingerprint density at radius 2 is 1.56 bits per heavy atom. The summed E-state index contributed by atoms with van der Waals surface area (Å²) >= 11 is 0. The molecule has 0 spiro atoms. The fourth-order valence-corrected chi connectivity index (χ4v) is 1.86. The van der Waals surface area contributed by atoms with Gasteiger partial charge in [-0.2, -0.15) is 0 Å². The van der Waals surface area contributed by atoms with Crippen LogP contribution in [0.1, 0.15) is 22.8 Å². The average molecular weight is 249 g/mol. The minimum atomic E-state index is -1.14. The summed E-state index contributed by atoms with van der Waals surface area (Å²) in [5.41, 5.74) is 7.30. The minimum Gasteiger partial charge on any atom is -0.398 e. The number of halogens is 2. The Bertz CT molecular complexity index is 533. The van der Waals surface area contributed by atoms with Gasteiger partial charge in [-0.15, -0.1) is 0 Å². The standard InChI is InChI=1S/C14H13F2NO/c1-8-2-3-9(15)6-11(8)14(18)12-7-10(16)4-5-13(12)17/h2-7,14,18H,17H2,1H3. The Morgan fingerprint density at radius 3 is 2.22 bits per heavy atom. The molecule has 18 heavy (non-hydrogen) atoms. The van der Waals surface area contributed by atoms with E-state index in [1.807, 2.05) is 0 Å². The molecule has 0 fully saturated rings. The molecule has 2 aromatic rings. The van der Waals surface area contributed by atoms with Gasteiger partial charge in [0.1, 0.15) is 17.7 Å². The van der Waals surface area contributed by atoms with Gasteiger partial charge in [0, 0.05) is 11.3 Å². The van der Waals surface area contributed by atoms with Crippen molar-refractivity contribution < 1.29 is 13.9 Å². The molecule has 0 saturated carbocycles. The van der Waals surface area contributed by atoms with E-state index in [1.54, 1.807) is 13.0 Å². The van der Waals surface area contributed by atoms with Gasteiger partial charge in [0.25, 0.3) is 0 Å². The van der Waals surface area contributed by atoms with Gasteiger partial charge >= 0.3 is 0 Å². The Balaban J connectivity index is 2.50. The highest BCUT2D eigenvalue weighted by molar-refractivity contribution is 5.51. The van der Waals surface area contributed by atoms with Gasteiger partial charge in [-0.3, -0.25) is 0 Å². The molecule has 94 valence electrons. The number of aryl methyl sites for hydroxylation is 1. The number of hydrogen-bond acceptors (Lipinski definition) is 2. The van der Waals surface area contributed by atoms with Crippen molar-refractivity contribution in [1.29, 1.82) is 0 Å². The lowest BCUT2D eigenvalue weighted by molar-refractivity contribution is 0.219. The average Bonchev–Trinajstić information content (AvgIpc) is 2.34. The summed E-state index contributed by atoms with van der Waals surface area (Å²) in [5, 5.41) is 10.2. The molecule has 0 aliphatic carbocycles. The van der Waals surface area contributed by atoms with Gasteiger partial charge in [0.2, 0.25) is 0 Å². The maximum absolute atomic E-state index is 13.2. The van der Waals surface area contributed by atoms with Crippen LogP contribution < -0.4 is 5.73 Å². The van der Waals surface area contributed by atoms with Crippen molar-refractivity contribution in [2.45, 2.75) is 13.0 Å². The Kier molecular flexibility index (Phi) is 3.30. The summed E-state index contributed by atoms with van der Waals surface area (Å²) in [4.78, 5) is 0. The molecule has 0 aromatic heterocycles. The molecule has 0 aliphatic rings. The van der Waals surface area contributed by atoms with Crippen molar-refractivity contribution in [3.63, 3.8) is 0 Å². The second-order valence-corrected chi connectivity index (χ2v) is 4.18. The third-order valence-electron chi connectivity index (χ3n) is 2.88. The van der Waals surface area contributed by atoms with E-state index >= 15 is 0 Å². The first-order valence-corrected chi connectivity index (χ1v) is 5.48. The molecular formula is C14H13F2NO. The van der Waals surface area contributed by atoms with Crippen LogP contribution in [0.4, 0.5) is 14.5 Å². The van der Waals surface area contributed by atoms with E-state index in [9.17, 15) is 13.9 Å². The first kappa shape index (κ1) is 12.5. The molecule has 0 aliphatic heterocycles. The third kappa shape index (κ3) is 2.33. The zero-order chi connectivity index (χ0) is 13.3. The molecular weight excluding hydrogens is 236 g/mol. The first-order valence-electron chi connectivity index (χ1n) is 5.48. The van der Waals surface area contributed by atoms with E-state index < -0.39 is 17.7 Å². The van der Waals surface area contributed by atoms with E-state index in [-0.39, 0.29) is 11.3 Å². The molecule has 1 unspecified atom stereocenters. The van der Waals surface area contributed by atoms with E-state index in [1.165, 1.54) is 24.3 Å². The van der Waals surface area contributed by atoms with Gasteiger partial charge in [-0.25, -0.2) is 8.78 Å². The van der Waals surface area contributed by atoms with E-state index in [2.05, 4.69) is 0 Å². The molecule has 2 rings (SSSR count). The van der Waals surface area contributed by atoms with Crippen molar-refractivity contribution in [2.24, 2.45) is 0 Å².